The molecule has 0 radical (unpaired) electrons. The maximum absolute atomic E-state index is 12.7. The highest BCUT2D eigenvalue weighted by Gasteiger charge is 2.28. The second-order valence-electron chi connectivity index (χ2n) is 10.6. The highest BCUT2D eigenvalue weighted by atomic mass is 79.9. The second-order valence-corrected chi connectivity index (χ2v) is 11.5. The van der Waals surface area contributed by atoms with E-state index in [2.05, 4.69) is 37.5 Å². The fraction of sp³-hybridized carbons (Fsp3) is 0.344. The molecule has 9 heteroatoms. The van der Waals surface area contributed by atoms with E-state index in [1.54, 1.807) is 12.0 Å². The van der Waals surface area contributed by atoms with Crippen LogP contribution < -0.4 is 4.90 Å². The van der Waals surface area contributed by atoms with E-state index in [1.807, 2.05) is 49.5 Å². The van der Waals surface area contributed by atoms with Crippen molar-refractivity contribution in [2.45, 2.75) is 39.0 Å². The zero-order valence-electron chi connectivity index (χ0n) is 23.3. The number of aromatic nitrogens is 2. The van der Waals surface area contributed by atoms with Crippen LogP contribution >= 0.6 is 15.9 Å². The molecule has 0 N–H and O–H groups in total. The Balaban J connectivity index is 1.30. The van der Waals surface area contributed by atoms with Crippen LogP contribution in [0.5, 0.6) is 0 Å². The Morgan fingerprint density at radius 1 is 1.10 bits per heavy atom. The van der Waals surface area contributed by atoms with Gasteiger partial charge in [0.2, 0.25) is 0 Å². The first-order chi connectivity index (χ1) is 20.0. The van der Waals surface area contributed by atoms with Gasteiger partial charge in [0.15, 0.2) is 6.29 Å². The Kier molecular flexibility index (Phi) is 7.81. The Morgan fingerprint density at radius 2 is 1.88 bits per heavy atom. The van der Waals surface area contributed by atoms with E-state index in [1.165, 1.54) is 5.56 Å². The van der Waals surface area contributed by atoms with E-state index < -0.39 is 0 Å². The summed E-state index contributed by atoms with van der Waals surface area (Å²) in [5, 5.41) is 0.961. The van der Waals surface area contributed by atoms with Gasteiger partial charge in [-0.1, -0.05) is 46.3 Å². The third-order valence-electron chi connectivity index (χ3n) is 8.19. The third-order valence-corrected chi connectivity index (χ3v) is 8.65. The zero-order valence-corrected chi connectivity index (χ0v) is 24.9. The second kappa shape index (κ2) is 11.7. The Morgan fingerprint density at radius 3 is 2.61 bits per heavy atom. The third kappa shape index (κ3) is 5.24. The molecule has 0 bridgehead atoms. The van der Waals surface area contributed by atoms with E-state index in [0.717, 1.165) is 69.3 Å². The number of nitrogens with zero attached hydrogens (tertiary/aromatic N) is 4. The average molecular weight is 618 g/mol. The van der Waals surface area contributed by atoms with E-state index in [9.17, 15) is 9.59 Å². The van der Waals surface area contributed by atoms with Crippen molar-refractivity contribution in [2.75, 3.05) is 38.2 Å². The number of anilines is 1. The minimum atomic E-state index is -0.298. The van der Waals surface area contributed by atoms with Crippen molar-refractivity contribution < 1.29 is 19.1 Å². The minimum absolute atomic E-state index is 0.254. The lowest BCUT2D eigenvalue weighted by Crippen LogP contribution is -2.49. The Bertz CT molecular complexity index is 1590. The summed E-state index contributed by atoms with van der Waals surface area (Å²) < 4.78 is 14.5. The summed E-state index contributed by atoms with van der Waals surface area (Å²) in [5.74, 6) is 0. The molecule has 2 aromatic heterocycles. The van der Waals surface area contributed by atoms with Crippen molar-refractivity contribution in [3.05, 3.63) is 81.6 Å². The number of ether oxygens (including phenoxy) is 2. The summed E-state index contributed by atoms with van der Waals surface area (Å²) in [4.78, 5) is 34.2. The topological polar surface area (TPSA) is 76.9 Å². The number of methoxy groups -OCH3 is 1. The molecule has 2 aliphatic rings. The Labute approximate surface area is 248 Å². The number of aldehydes is 1. The molecule has 0 unspecified atom stereocenters. The molecule has 2 aromatic carbocycles. The summed E-state index contributed by atoms with van der Waals surface area (Å²) in [6, 6.07) is 16.0. The first-order valence-electron chi connectivity index (χ1n) is 14.0. The average Bonchev–Trinajstić information content (AvgIpc) is 3.33. The highest BCUT2D eigenvalue weighted by molar-refractivity contribution is 9.10. The smallest absolute Gasteiger partial charge is 0.410 e. The van der Waals surface area contributed by atoms with Crippen molar-refractivity contribution in [1.29, 1.82) is 0 Å². The van der Waals surface area contributed by atoms with E-state index in [4.69, 9.17) is 14.5 Å². The summed E-state index contributed by atoms with van der Waals surface area (Å²) in [7, 11) is 1.68. The summed E-state index contributed by atoms with van der Waals surface area (Å²) >= 11 is 3.65. The van der Waals surface area contributed by atoms with Crippen molar-refractivity contribution in [2.24, 2.45) is 0 Å². The molecule has 41 heavy (non-hydrogen) atoms. The SMILES string of the molecule is CO[C@@H](C)c1ncc(N2CCN(C(=O)OCc3ccccc3)CC2)cc1-c1c(C=O)c2cc(Br)cc3c2n1CCC3. The van der Waals surface area contributed by atoms with Crippen molar-refractivity contribution in [1.82, 2.24) is 14.5 Å². The first-order valence-corrected chi connectivity index (χ1v) is 14.8. The molecule has 1 amide bonds. The van der Waals surface area contributed by atoms with Gasteiger partial charge in [0, 0.05) is 60.8 Å². The number of piperazine rings is 1. The predicted octanol–water partition coefficient (Wildman–Crippen LogP) is 6.39. The first kappa shape index (κ1) is 27.5. The van der Waals surface area contributed by atoms with E-state index in [-0.39, 0.29) is 18.8 Å². The zero-order chi connectivity index (χ0) is 28.5. The molecule has 1 saturated heterocycles. The monoisotopic (exact) mass is 616 g/mol. The van der Waals surface area contributed by atoms with Crippen LogP contribution in [-0.2, 0) is 29.0 Å². The standard InChI is InChI=1S/C32H33BrN4O4/c1-21(40-2)29-27(31-28(19-38)26-16-24(33)15-23-9-6-10-37(31)30(23)26)17-25(18-34-29)35-11-13-36(14-12-35)32(39)41-20-22-7-4-3-5-8-22/h3-5,7-8,15-19,21H,6,9-14,20H2,1-2H3/t21-/m0/s1. The van der Waals surface area contributed by atoms with Crippen LogP contribution in [0, 0.1) is 0 Å². The molecule has 6 rings (SSSR count). The lowest BCUT2D eigenvalue weighted by Gasteiger charge is -2.35. The maximum Gasteiger partial charge on any atom is 0.410 e. The molecular weight excluding hydrogens is 584 g/mol. The molecule has 4 aromatic rings. The van der Waals surface area contributed by atoms with Gasteiger partial charge in [-0.2, -0.15) is 0 Å². The number of hydrogen-bond donors (Lipinski definition) is 0. The lowest BCUT2D eigenvalue weighted by atomic mass is 10.0. The van der Waals surface area contributed by atoms with Crippen LogP contribution in [0.4, 0.5) is 10.5 Å². The highest BCUT2D eigenvalue weighted by Crippen LogP contribution is 2.42. The number of carbonyl (C=O) groups is 2. The molecule has 0 aliphatic carbocycles. The number of amides is 1. The molecule has 4 heterocycles. The predicted molar refractivity (Wildman–Crippen MR) is 162 cm³/mol. The number of halogens is 1. The molecule has 0 saturated carbocycles. The molecule has 2 aliphatic heterocycles. The van der Waals surface area contributed by atoms with Crippen molar-refractivity contribution in [3.63, 3.8) is 0 Å². The molecule has 1 atom stereocenters. The molecule has 0 spiro atoms. The number of hydrogen-bond acceptors (Lipinski definition) is 6. The number of aryl methyl sites for hydroxylation is 2. The normalized spacial score (nSPS) is 15.7. The largest absolute Gasteiger partial charge is 0.445 e. The van der Waals surface area contributed by atoms with Gasteiger partial charge in [0.25, 0.3) is 0 Å². The minimum Gasteiger partial charge on any atom is -0.445 e. The maximum atomic E-state index is 12.7. The summed E-state index contributed by atoms with van der Waals surface area (Å²) in [6.07, 6.45) is 4.28. The summed E-state index contributed by atoms with van der Waals surface area (Å²) in [6.45, 7) is 5.49. The fourth-order valence-electron chi connectivity index (χ4n) is 6.04. The van der Waals surface area contributed by atoms with Gasteiger partial charge in [-0.05, 0) is 49.1 Å². The van der Waals surface area contributed by atoms with Crippen LogP contribution in [0.1, 0.15) is 46.6 Å². The quantitative estimate of drug-likeness (QED) is 0.224. The Hall–Kier alpha value is -3.69. The van der Waals surface area contributed by atoms with E-state index in [0.29, 0.717) is 31.7 Å². The number of rotatable bonds is 7. The number of pyridine rings is 1. The molecular formula is C32H33BrN4O4. The van der Waals surface area contributed by atoms with Gasteiger partial charge in [-0.3, -0.25) is 9.78 Å². The van der Waals surface area contributed by atoms with Crippen LogP contribution in [0.15, 0.2) is 59.2 Å². The van der Waals surface area contributed by atoms with Crippen LogP contribution in [0.3, 0.4) is 0 Å². The number of carbonyl (C=O) groups excluding carboxylic acids is 2. The molecule has 8 nitrogen and oxygen atoms in total. The lowest BCUT2D eigenvalue weighted by molar-refractivity contribution is 0.0941. The van der Waals surface area contributed by atoms with Crippen LogP contribution in [0.2, 0.25) is 0 Å². The van der Waals surface area contributed by atoms with Gasteiger partial charge in [-0.15, -0.1) is 0 Å². The van der Waals surface area contributed by atoms with Crippen LogP contribution in [-0.4, -0.2) is 60.1 Å². The van der Waals surface area contributed by atoms with Gasteiger partial charge in [0.05, 0.1) is 34.9 Å². The van der Waals surface area contributed by atoms with E-state index >= 15 is 0 Å². The van der Waals surface area contributed by atoms with Crippen LogP contribution in [0.25, 0.3) is 22.2 Å². The van der Waals surface area contributed by atoms with Gasteiger partial charge < -0.3 is 23.8 Å². The van der Waals surface area contributed by atoms with Gasteiger partial charge >= 0.3 is 6.09 Å². The molecule has 212 valence electrons. The summed E-state index contributed by atoms with van der Waals surface area (Å²) in [5.41, 5.74) is 7.57. The van der Waals surface area contributed by atoms with Crippen molar-refractivity contribution in [3.8, 4) is 11.3 Å². The number of benzene rings is 2. The molecule has 1 fully saturated rings. The van der Waals surface area contributed by atoms with Crippen molar-refractivity contribution >= 4 is 44.9 Å². The van der Waals surface area contributed by atoms with Gasteiger partial charge in [-0.25, -0.2) is 4.79 Å². The van der Waals surface area contributed by atoms with Gasteiger partial charge in [0.1, 0.15) is 6.61 Å². The fourth-order valence-corrected chi connectivity index (χ4v) is 6.54.